The predicted octanol–water partition coefficient (Wildman–Crippen LogP) is 10.2. The van der Waals surface area contributed by atoms with Crippen LogP contribution >= 0.6 is 0 Å². The summed E-state index contributed by atoms with van der Waals surface area (Å²) in [5.74, 6) is -0.715. The molecule has 5 heteroatoms. The normalized spacial score (nSPS) is 13.1. The monoisotopic (exact) mass is 598 g/mol. The number of hydrogen-bond donors (Lipinski definition) is 1. The van der Waals surface area contributed by atoms with Gasteiger partial charge in [0, 0.05) is 12.8 Å². The van der Waals surface area contributed by atoms with Crippen LogP contribution in [0.3, 0.4) is 0 Å². The van der Waals surface area contributed by atoms with E-state index >= 15 is 0 Å². The lowest BCUT2D eigenvalue weighted by Gasteiger charge is -2.15. The van der Waals surface area contributed by atoms with Crippen LogP contribution in [-0.4, -0.2) is 36.4 Å². The molecule has 43 heavy (non-hydrogen) atoms. The summed E-state index contributed by atoms with van der Waals surface area (Å²) in [6.45, 7) is 3.90. The molecule has 0 bridgehead atoms. The molecule has 0 saturated heterocycles. The predicted molar refractivity (Wildman–Crippen MR) is 182 cm³/mol. The number of rotatable bonds is 29. The molecule has 0 amide bonds. The van der Waals surface area contributed by atoms with Gasteiger partial charge in [-0.05, 0) is 70.6 Å². The molecule has 1 atom stereocenters. The highest BCUT2D eigenvalue weighted by Crippen LogP contribution is 2.09. The quantitative estimate of drug-likeness (QED) is 0.0527. The van der Waals surface area contributed by atoms with E-state index in [1.54, 1.807) is 0 Å². The first-order valence-corrected chi connectivity index (χ1v) is 17.0. The summed E-state index contributed by atoms with van der Waals surface area (Å²) >= 11 is 0. The summed E-state index contributed by atoms with van der Waals surface area (Å²) in [5, 5.41) is 9.50. The minimum Gasteiger partial charge on any atom is -0.462 e. The first-order valence-electron chi connectivity index (χ1n) is 17.0. The van der Waals surface area contributed by atoms with Crippen molar-refractivity contribution in [3.8, 4) is 0 Å². The molecule has 0 aliphatic carbocycles. The Morgan fingerprint density at radius 3 is 1.60 bits per heavy atom. The Labute approximate surface area is 263 Å². The molecule has 0 aromatic heterocycles. The van der Waals surface area contributed by atoms with Crippen molar-refractivity contribution >= 4 is 11.9 Å². The summed E-state index contributed by atoms with van der Waals surface area (Å²) in [7, 11) is 0. The molecule has 0 fully saturated rings. The summed E-state index contributed by atoms with van der Waals surface area (Å²) in [5.41, 5.74) is 0. The van der Waals surface area contributed by atoms with Crippen LogP contribution in [-0.2, 0) is 19.1 Å². The minimum atomic E-state index is -0.812. The Kier molecular flexibility index (Phi) is 31.7. The summed E-state index contributed by atoms with van der Waals surface area (Å²) in [4.78, 5) is 24.1. The van der Waals surface area contributed by atoms with Crippen molar-refractivity contribution in [2.24, 2.45) is 0 Å². The number of ether oxygens (including phenoxy) is 2. The molecular weight excluding hydrogens is 536 g/mol. The number of esters is 2. The van der Waals surface area contributed by atoms with Gasteiger partial charge in [0.05, 0.1) is 6.61 Å². The topological polar surface area (TPSA) is 72.8 Å². The third-order valence-corrected chi connectivity index (χ3v) is 6.75. The molecule has 244 valence electrons. The summed E-state index contributed by atoms with van der Waals surface area (Å²) < 4.78 is 10.5. The highest BCUT2D eigenvalue weighted by molar-refractivity contribution is 5.70. The Morgan fingerprint density at radius 2 is 1.05 bits per heavy atom. The number of carbonyl (C=O) groups is 2. The first kappa shape index (κ1) is 40.3. The lowest BCUT2D eigenvalue weighted by atomic mass is 10.1. The van der Waals surface area contributed by atoms with E-state index in [1.807, 2.05) is 6.08 Å². The van der Waals surface area contributed by atoms with E-state index in [-0.39, 0.29) is 31.6 Å². The molecular formula is C38H62O5. The van der Waals surface area contributed by atoms with Gasteiger partial charge in [-0.2, -0.15) is 0 Å². The number of unbranched alkanes of at least 4 members (excludes halogenated alkanes) is 9. The van der Waals surface area contributed by atoms with Crippen LogP contribution in [0.25, 0.3) is 0 Å². The fourth-order valence-electron chi connectivity index (χ4n) is 4.18. The van der Waals surface area contributed by atoms with Gasteiger partial charge >= 0.3 is 11.9 Å². The first-order chi connectivity index (χ1) is 21.1. The Hall–Kier alpha value is -2.66. The third kappa shape index (κ3) is 32.1. The molecule has 0 rings (SSSR count). The second-order valence-electron chi connectivity index (χ2n) is 10.9. The van der Waals surface area contributed by atoms with Gasteiger partial charge in [-0.15, -0.1) is 0 Å². The largest absolute Gasteiger partial charge is 0.462 e. The van der Waals surface area contributed by atoms with E-state index in [1.165, 1.54) is 38.5 Å². The average molecular weight is 599 g/mol. The molecule has 0 heterocycles. The van der Waals surface area contributed by atoms with Gasteiger partial charge in [0.25, 0.3) is 0 Å². The Bertz CT molecular complexity index is 818. The van der Waals surface area contributed by atoms with Crippen molar-refractivity contribution in [2.45, 2.75) is 142 Å². The third-order valence-electron chi connectivity index (χ3n) is 6.75. The van der Waals surface area contributed by atoms with Crippen LogP contribution in [0.5, 0.6) is 0 Å². The molecule has 0 aliphatic heterocycles. The number of aliphatic hydroxyl groups is 1. The van der Waals surface area contributed by atoms with Gasteiger partial charge in [-0.25, -0.2) is 0 Å². The van der Waals surface area contributed by atoms with Gasteiger partial charge in [0.1, 0.15) is 6.61 Å². The highest BCUT2D eigenvalue weighted by Gasteiger charge is 2.15. The minimum absolute atomic E-state index is 0.113. The van der Waals surface area contributed by atoms with Crippen molar-refractivity contribution in [2.75, 3.05) is 13.2 Å². The molecule has 0 aromatic rings. The van der Waals surface area contributed by atoms with Crippen molar-refractivity contribution in [3.63, 3.8) is 0 Å². The van der Waals surface area contributed by atoms with E-state index in [0.29, 0.717) is 12.8 Å². The molecule has 1 N–H and O–H groups in total. The van der Waals surface area contributed by atoms with Crippen molar-refractivity contribution in [3.05, 3.63) is 72.9 Å². The number of allylic oxidation sites excluding steroid dienone is 12. The van der Waals surface area contributed by atoms with E-state index in [2.05, 4.69) is 80.7 Å². The zero-order valence-electron chi connectivity index (χ0n) is 27.4. The van der Waals surface area contributed by atoms with Gasteiger partial charge in [-0.3, -0.25) is 9.59 Å². The average Bonchev–Trinajstić information content (AvgIpc) is 3.01. The van der Waals surface area contributed by atoms with E-state index in [9.17, 15) is 14.7 Å². The molecule has 0 aliphatic rings. The molecule has 5 nitrogen and oxygen atoms in total. The van der Waals surface area contributed by atoms with Gasteiger partial charge in [0.2, 0.25) is 0 Å². The van der Waals surface area contributed by atoms with Crippen molar-refractivity contribution in [1.82, 2.24) is 0 Å². The maximum atomic E-state index is 12.1. The van der Waals surface area contributed by atoms with E-state index in [4.69, 9.17) is 9.47 Å². The lowest BCUT2D eigenvalue weighted by Crippen LogP contribution is -2.28. The Morgan fingerprint density at radius 1 is 0.558 bits per heavy atom. The fraction of sp³-hybridized carbons (Fsp3) is 0.632. The molecule has 1 unspecified atom stereocenters. The van der Waals surface area contributed by atoms with Crippen LogP contribution in [0.15, 0.2) is 72.9 Å². The second kappa shape index (κ2) is 33.8. The molecule has 0 spiro atoms. The number of aliphatic hydroxyl groups excluding tert-OH is 1. The zero-order valence-corrected chi connectivity index (χ0v) is 27.4. The fourth-order valence-corrected chi connectivity index (χ4v) is 4.18. The maximum absolute atomic E-state index is 12.1. The van der Waals surface area contributed by atoms with Crippen molar-refractivity contribution < 1.29 is 24.2 Å². The second-order valence-corrected chi connectivity index (χ2v) is 10.9. The zero-order chi connectivity index (χ0) is 31.5. The summed E-state index contributed by atoms with van der Waals surface area (Å²) in [6.07, 6.45) is 43.9. The van der Waals surface area contributed by atoms with Crippen molar-refractivity contribution in [1.29, 1.82) is 0 Å². The lowest BCUT2D eigenvalue weighted by molar-refractivity contribution is -0.161. The standard InChI is InChI=1S/C38H62O5/c1-3-5-7-9-11-13-15-17-18-19-21-23-25-27-29-31-33-38(41)43-36(34-39)35-42-37(40)32-30-28-26-24-22-20-16-14-12-10-8-6-4-2/h5,7,11,13,17-18,20-23,26,28,36,39H,3-4,6,8-10,12,14-16,19,24-25,27,29-35H2,1-2H3/b7-5+,13-11+,18-17+,22-20+,23-21+,28-26+. The smallest absolute Gasteiger partial charge is 0.306 e. The number of carbonyl (C=O) groups excluding carboxylic acids is 2. The van der Waals surface area contributed by atoms with Crippen LogP contribution in [0, 0.1) is 0 Å². The van der Waals surface area contributed by atoms with Crippen LogP contribution < -0.4 is 0 Å². The van der Waals surface area contributed by atoms with E-state index in [0.717, 1.165) is 64.2 Å². The Balaban J connectivity index is 3.76. The molecule has 0 saturated carbocycles. The van der Waals surface area contributed by atoms with Crippen LogP contribution in [0.1, 0.15) is 136 Å². The molecule has 0 aromatic carbocycles. The van der Waals surface area contributed by atoms with Crippen LogP contribution in [0.4, 0.5) is 0 Å². The SMILES string of the molecule is CC/C=C/C/C=C/C/C=C/C/C=C/CCCCCC(=O)OC(CO)COC(=O)CC/C=C/C/C=C/CCCCCCCC. The van der Waals surface area contributed by atoms with Gasteiger partial charge < -0.3 is 14.6 Å². The van der Waals surface area contributed by atoms with Gasteiger partial charge in [-0.1, -0.05) is 125 Å². The van der Waals surface area contributed by atoms with Crippen LogP contribution in [0.2, 0.25) is 0 Å². The van der Waals surface area contributed by atoms with E-state index < -0.39 is 6.10 Å². The van der Waals surface area contributed by atoms with Gasteiger partial charge in [0.15, 0.2) is 6.10 Å². The number of hydrogen-bond acceptors (Lipinski definition) is 5. The molecule has 0 radical (unpaired) electrons. The maximum Gasteiger partial charge on any atom is 0.306 e. The summed E-state index contributed by atoms with van der Waals surface area (Å²) in [6, 6.07) is 0. The highest BCUT2D eigenvalue weighted by atomic mass is 16.6.